The molecule has 3 nitrogen and oxygen atoms in total. The molecule has 78 valence electrons. The third-order valence-electron chi connectivity index (χ3n) is 2.93. The second-order valence-corrected chi connectivity index (χ2v) is 4.15. The summed E-state index contributed by atoms with van der Waals surface area (Å²) in [5.74, 6) is 0. The SMILES string of the molecule is CC(O)C(C)NC1CCCCC1O. The molecule has 1 aliphatic rings. The van der Waals surface area contributed by atoms with Crippen LogP contribution in [0, 0.1) is 0 Å². The quantitative estimate of drug-likeness (QED) is 0.608. The summed E-state index contributed by atoms with van der Waals surface area (Å²) in [6.07, 6.45) is 3.65. The van der Waals surface area contributed by atoms with Gasteiger partial charge in [-0.25, -0.2) is 0 Å². The topological polar surface area (TPSA) is 52.5 Å². The van der Waals surface area contributed by atoms with Crippen molar-refractivity contribution >= 4 is 0 Å². The van der Waals surface area contributed by atoms with E-state index in [2.05, 4.69) is 5.32 Å². The molecule has 0 heterocycles. The Kier molecular flexibility index (Phi) is 4.16. The highest BCUT2D eigenvalue weighted by molar-refractivity contribution is 4.83. The summed E-state index contributed by atoms with van der Waals surface area (Å²) < 4.78 is 0. The Labute approximate surface area is 80.2 Å². The van der Waals surface area contributed by atoms with Gasteiger partial charge in [-0.15, -0.1) is 0 Å². The predicted molar refractivity (Wildman–Crippen MR) is 52.5 cm³/mol. The second-order valence-electron chi connectivity index (χ2n) is 4.15. The van der Waals surface area contributed by atoms with Crippen molar-refractivity contribution in [1.29, 1.82) is 0 Å². The first-order valence-electron chi connectivity index (χ1n) is 5.23. The van der Waals surface area contributed by atoms with Gasteiger partial charge in [-0.1, -0.05) is 12.8 Å². The van der Waals surface area contributed by atoms with Crippen molar-refractivity contribution in [3.8, 4) is 0 Å². The van der Waals surface area contributed by atoms with Gasteiger partial charge >= 0.3 is 0 Å². The molecular weight excluding hydrogens is 166 g/mol. The molecule has 0 radical (unpaired) electrons. The molecule has 0 aromatic heterocycles. The van der Waals surface area contributed by atoms with E-state index in [0.717, 1.165) is 19.3 Å². The van der Waals surface area contributed by atoms with Crippen LogP contribution in [-0.2, 0) is 0 Å². The fraction of sp³-hybridized carbons (Fsp3) is 1.00. The summed E-state index contributed by atoms with van der Waals surface area (Å²) in [4.78, 5) is 0. The van der Waals surface area contributed by atoms with Crippen molar-refractivity contribution < 1.29 is 10.2 Å². The van der Waals surface area contributed by atoms with Crippen molar-refractivity contribution in [3.05, 3.63) is 0 Å². The average Bonchev–Trinajstić information content (AvgIpc) is 2.08. The normalized spacial score (nSPS) is 34.2. The molecule has 1 aliphatic carbocycles. The van der Waals surface area contributed by atoms with E-state index in [1.54, 1.807) is 6.92 Å². The molecule has 4 atom stereocenters. The lowest BCUT2D eigenvalue weighted by Crippen LogP contribution is -2.49. The molecule has 0 aromatic rings. The first-order valence-corrected chi connectivity index (χ1v) is 5.23. The molecule has 3 heteroatoms. The Hall–Kier alpha value is -0.120. The summed E-state index contributed by atoms with van der Waals surface area (Å²) in [7, 11) is 0. The fourth-order valence-corrected chi connectivity index (χ4v) is 1.78. The maximum atomic E-state index is 9.66. The predicted octanol–water partition coefficient (Wildman–Crippen LogP) is 0.649. The second kappa shape index (κ2) is 4.94. The van der Waals surface area contributed by atoms with Gasteiger partial charge < -0.3 is 15.5 Å². The van der Waals surface area contributed by atoms with Crippen molar-refractivity contribution in [2.24, 2.45) is 0 Å². The van der Waals surface area contributed by atoms with Crippen LogP contribution in [0.2, 0.25) is 0 Å². The third-order valence-corrected chi connectivity index (χ3v) is 2.93. The molecule has 1 rings (SSSR count). The van der Waals surface area contributed by atoms with Crippen LogP contribution in [-0.4, -0.2) is 34.5 Å². The smallest absolute Gasteiger partial charge is 0.0693 e. The van der Waals surface area contributed by atoms with Gasteiger partial charge in [0.1, 0.15) is 0 Å². The van der Waals surface area contributed by atoms with Gasteiger partial charge in [0, 0.05) is 12.1 Å². The van der Waals surface area contributed by atoms with E-state index in [-0.39, 0.29) is 24.3 Å². The Morgan fingerprint density at radius 1 is 1.23 bits per heavy atom. The average molecular weight is 187 g/mol. The lowest BCUT2D eigenvalue weighted by Gasteiger charge is -2.32. The van der Waals surface area contributed by atoms with Crippen LogP contribution < -0.4 is 5.32 Å². The number of rotatable bonds is 3. The highest BCUT2D eigenvalue weighted by Crippen LogP contribution is 2.18. The Balaban J connectivity index is 2.33. The van der Waals surface area contributed by atoms with Gasteiger partial charge in [-0.05, 0) is 26.7 Å². The number of aliphatic hydroxyl groups excluding tert-OH is 2. The lowest BCUT2D eigenvalue weighted by atomic mass is 9.92. The minimum Gasteiger partial charge on any atom is -0.392 e. The van der Waals surface area contributed by atoms with Crippen LogP contribution in [0.1, 0.15) is 39.5 Å². The molecule has 0 saturated heterocycles. The van der Waals surface area contributed by atoms with Crippen molar-refractivity contribution in [1.82, 2.24) is 5.32 Å². The van der Waals surface area contributed by atoms with E-state index < -0.39 is 0 Å². The number of hydrogen-bond acceptors (Lipinski definition) is 3. The number of hydrogen-bond donors (Lipinski definition) is 3. The van der Waals surface area contributed by atoms with Gasteiger partial charge in [-0.3, -0.25) is 0 Å². The van der Waals surface area contributed by atoms with E-state index in [1.165, 1.54) is 6.42 Å². The van der Waals surface area contributed by atoms with Crippen molar-refractivity contribution in [2.75, 3.05) is 0 Å². The highest BCUT2D eigenvalue weighted by Gasteiger charge is 2.24. The lowest BCUT2D eigenvalue weighted by molar-refractivity contribution is 0.0678. The standard InChI is InChI=1S/C10H21NO2/c1-7(8(2)12)11-9-5-3-4-6-10(9)13/h7-13H,3-6H2,1-2H3. The fourth-order valence-electron chi connectivity index (χ4n) is 1.78. The van der Waals surface area contributed by atoms with Gasteiger partial charge in [0.2, 0.25) is 0 Å². The van der Waals surface area contributed by atoms with Crippen LogP contribution in [0.3, 0.4) is 0 Å². The minimum atomic E-state index is -0.353. The maximum Gasteiger partial charge on any atom is 0.0693 e. The molecule has 1 saturated carbocycles. The molecule has 0 spiro atoms. The molecule has 0 bridgehead atoms. The van der Waals surface area contributed by atoms with E-state index >= 15 is 0 Å². The Morgan fingerprint density at radius 3 is 2.38 bits per heavy atom. The van der Waals surface area contributed by atoms with E-state index in [4.69, 9.17) is 0 Å². The highest BCUT2D eigenvalue weighted by atomic mass is 16.3. The third kappa shape index (κ3) is 3.25. The molecule has 0 aliphatic heterocycles. The van der Waals surface area contributed by atoms with Crippen LogP contribution in [0.5, 0.6) is 0 Å². The number of aliphatic hydroxyl groups is 2. The van der Waals surface area contributed by atoms with E-state index in [1.807, 2.05) is 6.92 Å². The van der Waals surface area contributed by atoms with Crippen molar-refractivity contribution in [3.63, 3.8) is 0 Å². The Morgan fingerprint density at radius 2 is 1.85 bits per heavy atom. The van der Waals surface area contributed by atoms with Crippen LogP contribution in [0.15, 0.2) is 0 Å². The summed E-state index contributed by atoms with van der Waals surface area (Å²) in [5, 5.41) is 22.2. The van der Waals surface area contributed by atoms with Gasteiger partial charge in [-0.2, -0.15) is 0 Å². The van der Waals surface area contributed by atoms with Crippen molar-refractivity contribution in [2.45, 2.75) is 63.8 Å². The van der Waals surface area contributed by atoms with Gasteiger partial charge in [0.25, 0.3) is 0 Å². The van der Waals surface area contributed by atoms with E-state index in [9.17, 15) is 10.2 Å². The van der Waals surface area contributed by atoms with Gasteiger partial charge in [0.05, 0.1) is 12.2 Å². The molecular formula is C10H21NO2. The zero-order valence-electron chi connectivity index (χ0n) is 8.53. The molecule has 0 amide bonds. The van der Waals surface area contributed by atoms with Crippen LogP contribution in [0.25, 0.3) is 0 Å². The first kappa shape index (κ1) is 11.0. The first-order chi connectivity index (χ1) is 6.11. The summed E-state index contributed by atoms with van der Waals surface area (Å²) in [6.45, 7) is 3.72. The molecule has 4 unspecified atom stereocenters. The van der Waals surface area contributed by atoms with E-state index in [0.29, 0.717) is 0 Å². The maximum absolute atomic E-state index is 9.66. The molecule has 13 heavy (non-hydrogen) atoms. The van der Waals surface area contributed by atoms with Crippen LogP contribution >= 0.6 is 0 Å². The summed E-state index contributed by atoms with van der Waals surface area (Å²) >= 11 is 0. The molecule has 1 fully saturated rings. The Bertz CT molecular complexity index is 150. The summed E-state index contributed by atoms with van der Waals surface area (Å²) in [6, 6.07) is 0.246. The van der Waals surface area contributed by atoms with Crippen LogP contribution in [0.4, 0.5) is 0 Å². The van der Waals surface area contributed by atoms with Gasteiger partial charge in [0.15, 0.2) is 0 Å². The largest absolute Gasteiger partial charge is 0.392 e. The summed E-state index contributed by atoms with van der Waals surface area (Å²) in [5.41, 5.74) is 0. The molecule has 3 N–H and O–H groups in total. The minimum absolute atomic E-state index is 0.0674. The number of nitrogens with one attached hydrogen (secondary N) is 1. The monoisotopic (exact) mass is 187 g/mol. The zero-order chi connectivity index (χ0) is 9.84. The molecule has 0 aromatic carbocycles. The zero-order valence-corrected chi connectivity index (χ0v) is 8.53.